The standard InChI is InChI=1S/C29H30BFN4OS/c1-3-24-25(31)10-5-11-26(24)35-29(37)28-20(2)30(19-32)14-12-27(28)34-18-22-13-15-33-17-21(22)7-4-8-23-9-6-16-36-23/h5-6,9-11,13,15-17,34H,2-4,7-8,12,14,18H2,1H3,(H,35,37). The molecule has 0 atom stereocenters. The number of anilines is 1. The van der Waals surface area contributed by atoms with Gasteiger partial charge in [-0.2, -0.15) is 0 Å². The highest BCUT2D eigenvalue weighted by molar-refractivity contribution is 7.81. The van der Waals surface area contributed by atoms with Crippen molar-refractivity contribution < 1.29 is 8.81 Å². The molecule has 0 bridgehead atoms. The molecule has 1 aliphatic rings. The highest BCUT2D eigenvalue weighted by atomic mass is 32.1. The summed E-state index contributed by atoms with van der Waals surface area (Å²) in [5, 5.41) is 16.5. The SMILES string of the molecule is C=C1B(C#N)CCC(NCc2ccncc2CCCc2ccco2)=C1C(=S)Nc1cccc(F)c1CC. The summed E-state index contributed by atoms with van der Waals surface area (Å²) in [4.78, 5) is 4.77. The van der Waals surface area contributed by atoms with Gasteiger partial charge in [-0.1, -0.05) is 30.7 Å². The Morgan fingerprint density at radius 3 is 2.86 bits per heavy atom. The van der Waals surface area contributed by atoms with Crippen LogP contribution in [-0.4, -0.2) is 16.7 Å². The fourth-order valence-electron chi connectivity index (χ4n) is 4.74. The zero-order valence-electron chi connectivity index (χ0n) is 21.0. The van der Waals surface area contributed by atoms with Crippen LogP contribution in [0.3, 0.4) is 0 Å². The molecule has 2 aromatic heterocycles. The van der Waals surface area contributed by atoms with Crippen molar-refractivity contribution in [2.75, 3.05) is 5.32 Å². The lowest BCUT2D eigenvalue weighted by molar-refractivity contribution is 0.501. The van der Waals surface area contributed by atoms with Gasteiger partial charge in [0.2, 0.25) is 0 Å². The number of hydrogen-bond donors (Lipinski definition) is 2. The maximum atomic E-state index is 14.3. The number of nitrogens with zero attached hydrogens (tertiary/aromatic N) is 2. The number of benzene rings is 1. The van der Waals surface area contributed by atoms with E-state index in [0.717, 1.165) is 41.9 Å². The number of nitriles is 1. The van der Waals surface area contributed by atoms with Crippen molar-refractivity contribution in [3.63, 3.8) is 0 Å². The van der Waals surface area contributed by atoms with E-state index in [4.69, 9.17) is 16.6 Å². The fraction of sp³-hybridized carbons (Fsp3) is 0.276. The van der Waals surface area contributed by atoms with Crippen LogP contribution < -0.4 is 10.6 Å². The smallest absolute Gasteiger partial charge is 0.300 e. The molecule has 1 aromatic carbocycles. The molecule has 0 aliphatic carbocycles. The minimum absolute atomic E-state index is 0.266. The fourth-order valence-corrected chi connectivity index (χ4v) is 5.11. The maximum absolute atomic E-state index is 14.3. The highest BCUT2D eigenvalue weighted by Crippen LogP contribution is 2.30. The van der Waals surface area contributed by atoms with E-state index in [-0.39, 0.29) is 12.5 Å². The summed E-state index contributed by atoms with van der Waals surface area (Å²) >= 11 is 5.79. The molecule has 0 fully saturated rings. The number of hydrogen-bond acceptors (Lipinski definition) is 5. The Morgan fingerprint density at radius 2 is 2.11 bits per heavy atom. The molecule has 1 aliphatic heterocycles. The van der Waals surface area contributed by atoms with E-state index in [9.17, 15) is 9.65 Å². The van der Waals surface area contributed by atoms with Crippen molar-refractivity contribution in [3.8, 4) is 5.97 Å². The minimum atomic E-state index is -0.309. The van der Waals surface area contributed by atoms with E-state index in [2.05, 4.69) is 28.2 Å². The van der Waals surface area contributed by atoms with Crippen LogP contribution in [0.2, 0.25) is 6.32 Å². The van der Waals surface area contributed by atoms with E-state index >= 15 is 0 Å². The number of aryl methyl sites for hydroxylation is 2. The molecular formula is C29H30BFN4OS. The van der Waals surface area contributed by atoms with Crippen LogP contribution in [0.15, 0.2) is 82.8 Å². The molecule has 0 amide bonds. The second-order valence-corrected chi connectivity index (χ2v) is 9.51. The Hall–Kier alpha value is -3.70. The predicted octanol–water partition coefficient (Wildman–Crippen LogP) is 6.39. The number of halogens is 1. The van der Waals surface area contributed by atoms with E-state index in [1.807, 2.05) is 37.4 Å². The maximum Gasteiger partial charge on any atom is 0.300 e. The Labute approximate surface area is 223 Å². The molecule has 0 saturated carbocycles. The van der Waals surface area contributed by atoms with E-state index in [1.54, 1.807) is 18.5 Å². The first-order valence-electron chi connectivity index (χ1n) is 12.6. The number of thiocarbonyl (C=S) groups is 1. The summed E-state index contributed by atoms with van der Waals surface area (Å²) in [7, 11) is 0. The van der Waals surface area contributed by atoms with Crippen LogP contribution >= 0.6 is 12.2 Å². The quantitative estimate of drug-likeness (QED) is 0.242. The minimum Gasteiger partial charge on any atom is -0.469 e. The number of aromatic nitrogens is 1. The van der Waals surface area contributed by atoms with Gasteiger partial charge in [0.05, 0.1) is 6.26 Å². The lowest BCUT2D eigenvalue weighted by atomic mass is 9.40. The normalized spacial score (nSPS) is 13.4. The molecule has 3 heterocycles. The predicted molar refractivity (Wildman–Crippen MR) is 151 cm³/mol. The van der Waals surface area contributed by atoms with E-state index < -0.39 is 0 Å². The largest absolute Gasteiger partial charge is 0.469 e. The van der Waals surface area contributed by atoms with Gasteiger partial charge in [0.25, 0.3) is 0 Å². The van der Waals surface area contributed by atoms with Gasteiger partial charge in [-0.05, 0) is 73.5 Å². The average Bonchev–Trinajstić information content (AvgIpc) is 3.42. The third-order valence-corrected chi connectivity index (χ3v) is 7.08. The van der Waals surface area contributed by atoms with Gasteiger partial charge >= 0.3 is 6.71 Å². The van der Waals surface area contributed by atoms with E-state index in [0.29, 0.717) is 47.4 Å². The van der Waals surface area contributed by atoms with Crippen LogP contribution in [0.4, 0.5) is 10.1 Å². The topological polar surface area (TPSA) is 73.9 Å². The highest BCUT2D eigenvalue weighted by Gasteiger charge is 2.31. The molecular weight excluding hydrogens is 482 g/mol. The Bertz CT molecular complexity index is 1350. The Balaban J connectivity index is 1.53. The first-order chi connectivity index (χ1) is 18.0. The molecule has 188 valence electrons. The van der Waals surface area contributed by atoms with Gasteiger partial charge in [0.15, 0.2) is 0 Å². The van der Waals surface area contributed by atoms with Crippen molar-refractivity contribution in [2.24, 2.45) is 0 Å². The molecule has 0 unspecified atom stereocenters. The molecule has 0 radical (unpaired) electrons. The lowest BCUT2D eigenvalue weighted by Gasteiger charge is -2.27. The molecule has 4 rings (SSSR count). The van der Waals surface area contributed by atoms with Gasteiger partial charge in [-0.25, -0.2) is 9.65 Å². The first kappa shape index (κ1) is 26.4. The molecule has 0 spiro atoms. The van der Waals surface area contributed by atoms with Crippen molar-refractivity contribution in [3.05, 3.63) is 107 Å². The van der Waals surface area contributed by atoms with Crippen LogP contribution in [0.25, 0.3) is 0 Å². The van der Waals surface area contributed by atoms with Gasteiger partial charge in [-0.3, -0.25) is 4.98 Å². The summed E-state index contributed by atoms with van der Waals surface area (Å²) in [6.45, 7) is 6.42. The molecule has 8 heteroatoms. The molecule has 37 heavy (non-hydrogen) atoms. The zero-order chi connectivity index (χ0) is 26.2. The number of rotatable bonds is 10. The van der Waals surface area contributed by atoms with Gasteiger partial charge in [0, 0.05) is 53.8 Å². The van der Waals surface area contributed by atoms with Crippen molar-refractivity contribution in [1.29, 1.82) is 5.26 Å². The van der Waals surface area contributed by atoms with Crippen molar-refractivity contribution >= 4 is 29.6 Å². The second kappa shape index (κ2) is 12.5. The zero-order valence-corrected chi connectivity index (χ0v) is 21.8. The van der Waals surface area contributed by atoms with Crippen molar-refractivity contribution in [2.45, 2.75) is 51.9 Å². The first-order valence-corrected chi connectivity index (χ1v) is 13.0. The van der Waals surface area contributed by atoms with Gasteiger partial charge < -0.3 is 15.1 Å². The molecule has 5 nitrogen and oxygen atoms in total. The molecule has 0 saturated heterocycles. The number of furan rings is 1. The van der Waals surface area contributed by atoms with Crippen LogP contribution in [-0.2, 0) is 25.8 Å². The van der Waals surface area contributed by atoms with Crippen LogP contribution in [0, 0.1) is 17.0 Å². The monoisotopic (exact) mass is 512 g/mol. The summed E-state index contributed by atoms with van der Waals surface area (Å²) < 4.78 is 19.8. The Morgan fingerprint density at radius 1 is 1.24 bits per heavy atom. The third-order valence-electron chi connectivity index (χ3n) is 6.78. The van der Waals surface area contributed by atoms with E-state index in [1.165, 1.54) is 11.6 Å². The molecule has 2 N–H and O–H groups in total. The lowest BCUT2D eigenvalue weighted by Crippen LogP contribution is -2.32. The summed E-state index contributed by atoms with van der Waals surface area (Å²) in [6, 6.07) is 10.9. The van der Waals surface area contributed by atoms with Gasteiger partial charge in [-0.15, -0.1) is 6.58 Å². The Kier molecular flexibility index (Phi) is 8.92. The third kappa shape index (κ3) is 6.36. The second-order valence-electron chi connectivity index (χ2n) is 9.10. The van der Waals surface area contributed by atoms with Crippen molar-refractivity contribution in [1.82, 2.24) is 10.3 Å². The molecule has 3 aromatic rings. The van der Waals surface area contributed by atoms with Crippen LogP contribution in [0.5, 0.6) is 0 Å². The number of allylic oxidation sites excluding steroid dienone is 1. The number of nitrogens with one attached hydrogen (secondary N) is 2. The summed E-state index contributed by atoms with van der Waals surface area (Å²) in [6.07, 6.45) is 10.0. The summed E-state index contributed by atoms with van der Waals surface area (Å²) in [5.74, 6) is 3.06. The van der Waals surface area contributed by atoms with Crippen LogP contribution in [0.1, 0.15) is 42.2 Å². The van der Waals surface area contributed by atoms with Gasteiger partial charge in [0.1, 0.15) is 16.6 Å². The summed E-state index contributed by atoms with van der Waals surface area (Å²) in [5.41, 5.74) is 5.94. The average molecular weight is 512 g/mol. The number of pyridine rings is 1.